The number of aromatic nitrogens is 4. The molecule has 1 aromatic carbocycles. The predicted molar refractivity (Wildman–Crippen MR) is 93.0 cm³/mol. The van der Waals surface area contributed by atoms with Gasteiger partial charge in [-0.2, -0.15) is 9.50 Å². The van der Waals surface area contributed by atoms with Crippen molar-refractivity contribution >= 4 is 5.78 Å². The highest BCUT2D eigenvalue weighted by Crippen LogP contribution is 2.31. The SMILES string of the molecule is COc1cc(F)ccc1-c1ccnc2nc(CCC3CCCC3)nn12. The Morgan fingerprint density at radius 2 is 2.08 bits per heavy atom. The molecule has 3 aromatic rings. The zero-order valence-electron chi connectivity index (χ0n) is 14.3. The van der Waals surface area contributed by atoms with Gasteiger partial charge in [0.05, 0.1) is 12.8 Å². The third kappa shape index (κ3) is 3.21. The minimum absolute atomic E-state index is 0.332. The van der Waals surface area contributed by atoms with Crippen molar-refractivity contribution in [2.45, 2.75) is 38.5 Å². The number of nitrogens with zero attached hydrogens (tertiary/aromatic N) is 4. The lowest BCUT2D eigenvalue weighted by Crippen LogP contribution is -2.00. The lowest BCUT2D eigenvalue weighted by atomic mass is 10.0. The number of hydrogen-bond acceptors (Lipinski definition) is 4. The van der Waals surface area contributed by atoms with Crippen molar-refractivity contribution in [2.24, 2.45) is 5.92 Å². The van der Waals surface area contributed by atoms with Crippen LogP contribution in [0.2, 0.25) is 0 Å². The fourth-order valence-electron chi connectivity index (χ4n) is 3.65. The lowest BCUT2D eigenvalue weighted by Gasteiger charge is -2.09. The molecule has 1 fully saturated rings. The maximum absolute atomic E-state index is 13.5. The van der Waals surface area contributed by atoms with E-state index in [4.69, 9.17) is 4.74 Å². The third-order valence-corrected chi connectivity index (χ3v) is 4.97. The molecule has 0 saturated heterocycles. The molecule has 130 valence electrons. The van der Waals surface area contributed by atoms with E-state index in [0.717, 1.165) is 35.8 Å². The van der Waals surface area contributed by atoms with Crippen LogP contribution < -0.4 is 4.74 Å². The van der Waals surface area contributed by atoms with E-state index in [9.17, 15) is 4.39 Å². The summed E-state index contributed by atoms with van der Waals surface area (Å²) in [5.41, 5.74) is 1.56. The Morgan fingerprint density at radius 1 is 1.24 bits per heavy atom. The van der Waals surface area contributed by atoms with Crippen LogP contribution in [0.4, 0.5) is 4.39 Å². The van der Waals surface area contributed by atoms with E-state index in [1.807, 2.05) is 6.07 Å². The van der Waals surface area contributed by atoms with Crippen molar-refractivity contribution in [3.63, 3.8) is 0 Å². The van der Waals surface area contributed by atoms with Crippen LogP contribution >= 0.6 is 0 Å². The van der Waals surface area contributed by atoms with Gasteiger partial charge < -0.3 is 4.74 Å². The molecule has 4 rings (SSSR count). The first-order valence-electron chi connectivity index (χ1n) is 8.79. The Kier molecular flexibility index (Phi) is 4.34. The van der Waals surface area contributed by atoms with Gasteiger partial charge in [-0.15, -0.1) is 5.10 Å². The molecule has 0 amide bonds. The first-order chi connectivity index (χ1) is 12.2. The number of ether oxygens (including phenoxy) is 1. The molecule has 2 heterocycles. The van der Waals surface area contributed by atoms with Crippen LogP contribution in [-0.4, -0.2) is 26.7 Å². The van der Waals surface area contributed by atoms with Gasteiger partial charge >= 0.3 is 0 Å². The molecule has 1 aliphatic rings. The smallest absolute Gasteiger partial charge is 0.252 e. The number of halogens is 1. The standard InChI is InChI=1S/C19H21FN4O/c1-25-17-12-14(20)7-8-15(17)16-10-11-21-19-22-18(23-24(16)19)9-6-13-4-2-3-5-13/h7-8,10-13H,2-6,9H2,1H3. The summed E-state index contributed by atoms with van der Waals surface area (Å²) >= 11 is 0. The van der Waals surface area contributed by atoms with Crippen LogP contribution in [0.5, 0.6) is 5.75 Å². The fourth-order valence-corrected chi connectivity index (χ4v) is 3.65. The molecule has 1 aliphatic carbocycles. The van der Waals surface area contributed by atoms with Gasteiger partial charge in [0, 0.05) is 24.2 Å². The second-order valence-electron chi connectivity index (χ2n) is 6.60. The summed E-state index contributed by atoms with van der Waals surface area (Å²) in [7, 11) is 1.53. The fraction of sp³-hybridized carbons (Fsp3) is 0.421. The summed E-state index contributed by atoms with van der Waals surface area (Å²) in [5, 5.41) is 4.64. The van der Waals surface area contributed by atoms with Gasteiger partial charge in [-0.25, -0.2) is 9.37 Å². The van der Waals surface area contributed by atoms with Gasteiger partial charge in [-0.3, -0.25) is 0 Å². The van der Waals surface area contributed by atoms with Gasteiger partial charge in [0.25, 0.3) is 5.78 Å². The van der Waals surface area contributed by atoms with Crippen LogP contribution in [0, 0.1) is 11.7 Å². The van der Waals surface area contributed by atoms with Gasteiger partial charge in [0.15, 0.2) is 5.82 Å². The van der Waals surface area contributed by atoms with Crippen molar-refractivity contribution in [1.82, 2.24) is 19.6 Å². The summed E-state index contributed by atoms with van der Waals surface area (Å²) in [6, 6.07) is 6.34. The van der Waals surface area contributed by atoms with Crippen LogP contribution in [0.1, 0.15) is 37.9 Å². The first kappa shape index (κ1) is 16.0. The van der Waals surface area contributed by atoms with Gasteiger partial charge in [-0.1, -0.05) is 25.7 Å². The Morgan fingerprint density at radius 3 is 2.88 bits per heavy atom. The molecule has 25 heavy (non-hydrogen) atoms. The minimum atomic E-state index is -0.332. The summed E-state index contributed by atoms with van der Waals surface area (Å²) in [5.74, 6) is 2.31. The van der Waals surface area contributed by atoms with E-state index in [0.29, 0.717) is 11.5 Å². The Balaban J connectivity index is 1.68. The highest BCUT2D eigenvalue weighted by atomic mass is 19.1. The number of rotatable bonds is 5. The molecule has 0 atom stereocenters. The average Bonchev–Trinajstić information content (AvgIpc) is 3.28. The van der Waals surface area contributed by atoms with E-state index in [1.165, 1.54) is 44.9 Å². The zero-order chi connectivity index (χ0) is 17.2. The molecule has 0 aliphatic heterocycles. The van der Waals surface area contributed by atoms with Crippen molar-refractivity contribution in [3.8, 4) is 17.0 Å². The van der Waals surface area contributed by atoms with Crippen LogP contribution in [0.15, 0.2) is 30.5 Å². The number of hydrogen-bond donors (Lipinski definition) is 0. The van der Waals surface area contributed by atoms with Gasteiger partial charge in [-0.05, 0) is 30.5 Å². The number of fused-ring (bicyclic) bond motifs is 1. The van der Waals surface area contributed by atoms with E-state index < -0.39 is 0 Å². The molecule has 5 nitrogen and oxygen atoms in total. The van der Waals surface area contributed by atoms with Gasteiger partial charge in [0.2, 0.25) is 0 Å². The normalized spacial score (nSPS) is 15.1. The maximum atomic E-state index is 13.5. The number of methoxy groups -OCH3 is 1. The lowest BCUT2D eigenvalue weighted by molar-refractivity contribution is 0.412. The van der Waals surface area contributed by atoms with Crippen LogP contribution in [0.3, 0.4) is 0 Å². The van der Waals surface area contributed by atoms with Crippen molar-refractivity contribution in [2.75, 3.05) is 7.11 Å². The molecule has 0 unspecified atom stereocenters. The third-order valence-electron chi connectivity index (χ3n) is 4.97. The van der Waals surface area contributed by atoms with E-state index in [2.05, 4.69) is 15.1 Å². The Labute approximate surface area is 145 Å². The second kappa shape index (κ2) is 6.78. The van der Waals surface area contributed by atoms with E-state index in [-0.39, 0.29) is 5.82 Å². The van der Waals surface area contributed by atoms with Crippen molar-refractivity contribution in [1.29, 1.82) is 0 Å². The van der Waals surface area contributed by atoms with Crippen LogP contribution in [0.25, 0.3) is 17.0 Å². The monoisotopic (exact) mass is 340 g/mol. The summed E-state index contributed by atoms with van der Waals surface area (Å²) in [4.78, 5) is 8.87. The Bertz CT molecular complexity index is 886. The van der Waals surface area contributed by atoms with E-state index in [1.54, 1.807) is 16.8 Å². The number of benzene rings is 1. The Hall–Kier alpha value is -2.50. The first-order valence-corrected chi connectivity index (χ1v) is 8.79. The molecule has 0 spiro atoms. The number of aryl methyl sites for hydroxylation is 1. The quantitative estimate of drug-likeness (QED) is 0.703. The summed E-state index contributed by atoms with van der Waals surface area (Å²) < 4.78 is 20.5. The topological polar surface area (TPSA) is 52.3 Å². The molecule has 2 aromatic heterocycles. The van der Waals surface area contributed by atoms with Crippen molar-refractivity contribution in [3.05, 3.63) is 42.1 Å². The molecular formula is C19H21FN4O. The summed E-state index contributed by atoms with van der Waals surface area (Å²) in [6.45, 7) is 0. The molecule has 0 N–H and O–H groups in total. The highest BCUT2D eigenvalue weighted by molar-refractivity contribution is 5.68. The molecule has 1 saturated carbocycles. The van der Waals surface area contributed by atoms with E-state index >= 15 is 0 Å². The zero-order valence-corrected chi connectivity index (χ0v) is 14.3. The predicted octanol–water partition coefficient (Wildman–Crippen LogP) is 4.06. The minimum Gasteiger partial charge on any atom is -0.496 e. The molecule has 0 bridgehead atoms. The molecule has 6 heteroatoms. The highest BCUT2D eigenvalue weighted by Gasteiger charge is 2.17. The maximum Gasteiger partial charge on any atom is 0.252 e. The van der Waals surface area contributed by atoms with Gasteiger partial charge in [0.1, 0.15) is 11.6 Å². The largest absolute Gasteiger partial charge is 0.496 e. The summed E-state index contributed by atoms with van der Waals surface area (Å²) in [6.07, 6.45) is 9.04. The second-order valence-corrected chi connectivity index (χ2v) is 6.60. The van der Waals surface area contributed by atoms with Crippen molar-refractivity contribution < 1.29 is 9.13 Å². The molecular weight excluding hydrogens is 319 g/mol. The van der Waals surface area contributed by atoms with Crippen LogP contribution in [-0.2, 0) is 6.42 Å². The molecule has 0 radical (unpaired) electrons. The average molecular weight is 340 g/mol.